The Morgan fingerprint density at radius 2 is 2.39 bits per heavy atom. The van der Waals surface area contributed by atoms with Crippen molar-refractivity contribution in [3.63, 3.8) is 0 Å². The number of aryl methyl sites for hydroxylation is 1. The van der Waals surface area contributed by atoms with E-state index in [0.717, 1.165) is 18.6 Å². The predicted molar refractivity (Wildman–Crippen MR) is 74.0 cm³/mol. The lowest BCUT2D eigenvalue weighted by Gasteiger charge is -2.11. The molecular weight excluding hydrogens is 292 g/mol. The van der Waals surface area contributed by atoms with Crippen LogP contribution in [0.5, 0.6) is 5.75 Å². The van der Waals surface area contributed by atoms with Crippen molar-refractivity contribution in [2.45, 2.75) is 38.1 Å². The maximum absolute atomic E-state index is 6.07. The Balaban J connectivity index is 1.90. The van der Waals surface area contributed by atoms with Crippen LogP contribution in [0.4, 0.5) is 0 Å². The zero-order valence-corrected chi connectivity index (χ0v) is 11.8. The van der Waals surface area contributed by atoms with Crippen LogP contribution in [0.3, 0.4) is 0 Å². The van der Waals surface area contributed by atoms with E-state index >= 15 is 0 Å². The monoisotopic (exact) mass is 306 g/mol. The quantitative estimate of drug-likeness (QED) is 0.771. The minimum Gasteiger partial charge on any atom is -0.487 e. The third-order valence-electron chi connectivity index (χ3n) is 3.57. The smallest absolute Gasteiger partial charge is 0.132 e. The molecule has 0 bridgehead atoms. The summed E-state index contributed by atoms with van der Waals surface area (Å²) in [6.45, 7) is 2.17. The van der Waals surface area contributed by atoms with Crippen molar-refractivity contribution in [1.82, 2.24) is 0 Å². The van der Waals surface area contributed by atoms with Crippen LogP contribution in [0.15, 0.2) is 35.0 Å². The molecule has 0 amide bonds. The molecule has 1 aromatic rings. The first kappa shape index (κ1) is 12.0. The molecule has 0 radical (unpaired) electrons. The molecule has 1 unspecified atom stereocenters. The molecule has 18 heavy (non-hydrogen) atoms. The van der Waals surface area contributed by atoms with Crippen molar-refractivity contribution in [3.8, 4) is 5.75 Å². The molecule has 2 aliphatic rings. The zero-order chi connectivity index (χ0) is 12.5. The van der Waals surface area contributed by atoms with Crippen molar-refractivity contribution in [3.05, 3.63) is 46.1 Å². The van der Waals surface area contributed by atoms with Crippen LogP contribution in [0.25, 0.3) is 0 Å². The average molecular weight is 307 g/mol. The molecule has 2 heterocycles. The first-order valence-corrected chi connectivity index (χ1v) is 7.20. The zero-order valence-electron chi connectivity index (χ0n) is 10.2. The second-order valence-electron chi connectivity index (χ2n) is 4.61. The summed E-state index contributed by atoms with van der Waals surface area (Å²) in [4.78, 5) is 1.72. The van der Waals surface area contributed by atoms with Crippen LogP contribution in [-0.2, 0) is 11.2 Å². The maximum Gasteiger partial charge on any atom is 0.132 e. The van der Waals surface area contributed by atoms with E-state index in [4.69, 9.17) is 9.47 Å². The van der Waals surface area contributed by atoms with Crippen LogP contribution >= 0.6 is 15.9 Å². The van der Waals surface area contributed by atoms with E-state index in [2.05, 4.69) is 40.7 Å². The van der Waals surface area contributed by atoms with Crippen LogP contribution < -0.4 is 4.74 Å². The molecule has 1 fully saturated rings. The van der Waals surface area contributed by atoms with Gasteiger partial charge in [0.2, 0.25) is 0 Å². The number of ether oxygens (including phenoxy) is 2. The molecule has 1 saturated heterocycles. The van der Waals surface area contributed by atoms with Gasteiger partial charge in [0.25, 0.3) is 0 Å². The minimum atomic E-state index is 0.0922. The first-order valence-electron chi connectivity index (χ1n) is 6.28. The molecule has 2 aliphatic heterocycles. The van der Waals surface area contributed by atoms with Gasteiger partial charge in [-0.25, -0.2) is 0 Å². The van der Waals surface area contributed by atoms with Crippen molar-refractivity contribution in [2.75, 3.05) is 0 Å². The summed E-state index contributed by atoms with van der Waals surface area (Å²) in [6, 6.07) is 6.26. The fourth-order valence-corrected chi connectivity index (χ4v) is 2.94. The van der Waals surface area contributed by atoms with Crippen LogP contribution in [0, 0.1) is 0 Å². The van der Waals surface area contributed by atoms with E-state index in [1.807, 2.05) is 12.1 Å². The number of fused-ring (bicyclic) bond motifs is 3. The van der Waals surface area contributed by atoms with Crippen molar-refractivity contribution >= 4 is 15.9 Å². The Morgan fingerprint density at radius 1 is 1.50 bits per heavy atom. The Morgan fingerprint density at radius 3 is 3.17 bits per heavy atom. The van der Waals surface area contributed by atoms with Gasteiger partial charge in [-0.2, -0.15) is 0 Å². The van der Waals surface area contributed by atoms with Gasteiger partial charge in [-0.05, 0) is 24.1 Å². The van der Waals surface area contributed by atoms with E-state index in [0.29, 0.717) is 0 Å². The number of hydrogen-bond acceptors (Lipinski definition) is 2. The highest BCUT2D eigenvalue weighted by Crippen LogP contribution is 2.47. The highest BCUT2D eigenvalue weighted by Gasteiger charge is 2.44. The molecule has 3 atom stereocenters. The Kier molecular flexibility index (Phi) is 3.29. The van der Waals surface area contributed by atoms with E-state index in [1.165, 1.54) is 11.1 Å². The van der Waals surface area contributed by atoms with Crippen molar-refractivity contribution in [2.24, 2.45) is 0 Å². The summed E-state index contributed by atoms with van der Waals surface area (Å²) >= 11 is 3.21. The molecule has 0 N–H and O–H groups in total. The number of rotatable bonds is 2. The molecule has 1 aromatic carbocycles. The first-order chi connectivity index (χ1) is 8.83. The van der Waals surface area contributed by atoms with Gasteiger partial charge >= 0.3 is 0 Å². The van der Waals surface area contributed by atoms with Crippen LogP contribution in [0.1, 0.15) is 30.6 Å². The van der Waals surface area contributed by atoms with Crippen molar-refractivity contribution in [1.29, 1.82) is 0 Å². The fraction of sp³-hybridized carbons (Fsp3) is 0.400. The second-order valence-corrected chi connectivity index (χ2v) is 5.07. The fourth-order valence-electron chi connectivity index (χ4n) is 2.79. The standard InChI is InChI=1S/C15H15BrO2/c1-2-10-5-3-7-12-14(10)15-13(18-12)9-11(17-15)6-4-8-16/h3,5-8,11,13,15H,2,9H2,1H3/t4?,11?,13-,15+/m1/s1. The van der Waals surface area contributed by atoms with Gasteiger partial charge in [-0.3, -0.25) is 0 Å². The number of hydrogen-bond donors (Lipinski definition) is 0. The molecule has 0 aliphatic carbocycles. The number of halogens is 1. The normalized spacial score (nSPS) is 28.0. The SMILES string of the molecule is CCc1cccc2c1[C@H]1OC(C=C=CBr)C[C@H]1O2. The lowest BCUT2D eigenvalue weighted by molar-refractivity contribution is 0.0519. The van der Waals surface area contributed by atoms with E-state index in [1.54, 1.807) is 4.99 Å². The average Bonchev–Trinajstić information content (AvgIpc) is 2.92. The summed E-state index contributed by atoms with van der Waals surface area (Å²) in [5.74, 6) is 1.00. The second kappa shape index (κ2) is 4.93. The summed E-state index contributed by atoms with van der Waals surface area (Å²) < 4.78 is 12.1. The topological polar surface area (TPSA) is 18.5 Å². The third-order valence-corrected chi connectivity index (χ3v) is 3.83. The third kappa shape index (κ3) is 1.93. The largest absolute Gasteiger partial charge is 0.487 e. The van der Waals surface area contributed by atoms with Crippen LogP contribution in [-0.4, -0.2) is 12.2 Å². The van der Waals surface area contributed by atoms with Crippen molar-refractivity contribution < 1.29 is 9.47 Å². The lowest BCUT2D eigenvalue weighted by atomic mass is 9.98. The summed E-state index contributed by atoms with van der Waals surface area (Å²) in [7, 11) is 0. The van der Waals surface area contributed by atoms with E-state index in [9.17, 15) is 0 Å². The van der Waals surface area contributed by atoms with Gasteiger partial charge < -0.3 is 9.47 Å². The highest BCUT2D eigenvalue weighted by molar-refractivity contribution is 9.11. The van der Waals surface area contributed by atoms with Gasteiger partial charge in [-0.15, -0.1) is 5.73 Å². The summed E-state index contributed by atoms with van der Waals surface area (Å²) in [5, 5.41) is 0. The summed E-state index contributed by atoms with van der Waals surface area (Å²) in [6.07, 6.45) is 4.22. The van der Waals surface area contributed by atoms with Crippen LogP contribution in [0.2, 0.25) is 0 Å². The lowest BCUT2D eigenvalue weighted by Crippen LogP contribution is -2.12. The molecule has 3 rings (SSSR count). The molecule has 2 nitrogen and oxygen atoms in total. The van der Waals surface area contributed by atoms with Gasteiger partial charge in [0.15, 0.2) is 0 Å². The molecule has 94 valence electrons. The molecule has 0 spiro atoms. The van der Waals surface area contributed by atoms with Gasteiger partial charge in [0, 0.05) is 17.0 Å². The Bertz CT molecular complexity index is 517. The number of benzene rings is 1. The van der Waals surface area contributed by atoms with Gasteiger partial charge in [0.1, 0.15) is 18.0 Å². The predicted octanol–water partition coefficient (Wildman–Crippen LogP) is 3.90. The molecule has 3 heteroatoms. The maximum atomic E-state index is 6.07. The molecular formula is C15H15BrO2. The molecule has 0 saturated carbocycles. The van der Waals surface area contributed by atoms with Gasteiger partial charge in [-0.1, -0.05) is 35.0 Å². The minimum absolute atomic E-state index is 0.0922. The Labute approximate surface area is 115 Å². The highest BCUT2D eigenvalue weighted by atomic mass is 79.9. The Hall–Kier alpha value is -1.02. The molecule has 0 aromatic heterocycles. The van der Waals surface area contributed by atoms with Gasteiger partial charge in [0.05, 0.1) is 6.10 Å². The van der Waals surface area contributed by atoms with E-state index < -0.39 is 0 Å². The van der Waals surface area contributed by atoms with E-state index in [-0.39, 0.29) is 18.3 Å². The summed E-state index contributed by atoms with van der Waals surface area (Å²) in [5.41, 5.74) is 5.61.